The third-order valence-electron chi connectivity index (χ3n) is 5.91. The van der Waals surface area contributed by atoms with Crippen LogP contribution in [0.1, 0.15) is 11.1 Å². The molecule has 14 heteroatoms. The van der Waals surface area contributed by atoms with E-state index in [0.717, 1.165) is 0 Å². The Kier molecular flexibility index (Phi) is 10.7. The number of hydrogen-bond acceptors (Lipinski definition) is 4. The maximum absolute atomic E-state index is 6.72. The van der Waals surface area contributed by atoms with Gasteiger partial charge in [0.05, 0.1) is 17.9 Å². The molecule has 216 valence electrons. The summed E-state index contributed by atoms with van der Waals surface area (Å²) in [7, 11) is 0. The molecule has 4 nitrogen and oxygen atoms in total. The lowest BCUT2D eigenvalue weighted by Crippen LogP contribution is -2.51. The first-order valence-electron chi connectivity index (χ1n) is 11.2. The minimum absolute atomic E-state index is 0.354. The van der Waals surface area contributed by atoms with E-state index in [4.69, 9.17) is 90.5 Å². The van der Waals surface area contributed by atoms with E-state index in [0.29, 0.717) is 63.4 Å². The molecule has 4 N–H and O–H groups in total. The van der Waals surface area contributed by atoms with Gasteiger partial charge < -0.3 is 20.9 Å². The highest BCUT2D eigenvalue weighted by atomic mass is 79.9. The lowest BCUT2D eigenvalue weighted by molar-refractivity contribution is 0.471. The third kappa shape index (κ3) is 7.03. The minimum atomic E-state index is -2.19. The van der Waals surface area contributed by atoms with Crippen molar-refractivity contribution < 1.29 is 9.47 Å². The van der Waals surface area contributed by atoms with Crippen LogP contribution in [0.2, 0.25) is 0 Å². The molecule has 4 rings (SSSR count). The maximum Gasteiger partial charge on any atom is 0.208 e. The average molecular weight is 933 g/mol. The van der Waals surface area contributed by atoms with Crippen LogP contribution in [0.4, 0.5) is 11.4 Å². The van der Waals surface area contributed by atoms with Crippen molar-refractivity contribution >= 4 is 145 Å². The molecular weight excluding hydrogens is 917 g/mol. The summed E-state index contributed by atoms with van der Waals surface area (Å²) in [6.45, 7) is 0. The Morgan fingerprint density at radius 3 is 1.00 bits per heavy atom. The quantitative estimate of drug-likeness (QED) is 0.149. The number of rotatable bonds is 6. The largest absolute Gasteiger partial charge is 0.455 e. The van der Waals surface area contributed by atoms with Gasteiger partial charge in [0.15, 0.2) is 11.5 Å². The summed E-state index contributed by atoms with van der Waals surface area (Å²) in [4.78, 5) is 0. The second kappa shape index (κ2) is 13.0. The first-order valence-corrected chi connectivity index (χ1v) is 16.7. The predicted molar refractivity (Wildman–Crippen MR) is 187 cm³/mol. The first kappa shape index (κ1) is 33.6. The molecule has 4 aromatic carbocycles. The van der Waals surface area contributed by atoms with Crippen LogP contribution in [-0.2, 0) is 5.41 Å². The summed E-state index contributed by atoms with van der Waals surface area (Å²) in [5.41, 5.74) is 11.6. The zero-order chi connectivity index (χ0) is 30.3. The monoisotopic (exact) mass is 926 g/mol. The van der Waals surface area contributed by atoms with E-state index < -0.39 is 13.0 Å². The number of anilines is 2. The lowest BCUT2D eigenvalue weighted by atomic mass is 9.76. The van der Waals surface area contributed by atoms with Gasteiger partial charge in [-0.25, -0.2) is 0 Å². The van der Waals surface area contributed by atoms with Gasteiger partial charge in [0, 0.05) is 11.4 Å². The highest BCUT2D eigenvalue weighted by molar-refractivity contribution is 9.11. The summed E-state index contributed by atoms with van der Waals surface area (Å²) in [5.74, 6) is 1.98. The Labute approximate surface area is 300 Å². The molecule has 0 radical (unpaired) electrons. The maximum atomic E-state index is 6.72. The first-order chi connectivity index (χ1) is 19.0. The molecule has 0 saturated heterocycles. The number of ether oxygens (including phenoxy) is 2. The molecule has 0 aromatic heterocycles. The summed E-state index contributed by atoms with van der Waals surface area (Å²) < 4.78 is 9.74. The second-order valence-electron chi connectivity index (χ2n) is 8.63. The van der Waals surface area contributed by atoms with Gasteiger partial charge >= 0.3 is 0 Å². The number of alkyl halides is 6. The van der Waals surface area contributed by atoms with Gasteiger partial charge in [-0.2, -0.15) is 0 Å². The van der Waals surface area contributed by atoms with Crippen LogP contribution < -0.4 is 20.9 Å². The standard InChI is InChI=1S/C27H16Br4Cl6N2O2/c28-19-9-13(10-20(29)23(19)40-17-5-1-15(38)2-6-17)25(26(32,33)34,27(35,36)37)14-11-21(30)24(22(31)12-14)41-18-7-3-16(39)4-8-18/h1-12H,38-39H2. The third-order valence-corrected chi connectivity index (χ3v) is 9.97. The van der Waals surface area contributed by atoms with E-state index in [2.05, 4.69) is 63.7 Å². The molecule has 0 amide bonds. The molecule has 4 aromatic rings. The molecule has 0 aliphatic rings. The van der Waals surface area contributed by atoms with Crippen LogP contribution in [-0.4, -0.2) is 7.59 Å². The van der Waals surface area contributed by atoms with Crippen LogP contribution in [0.25, 0.3) is 0 Å². The predicted octanol–water partition coefficient (Wildman–Crippen LogP) is 12.5. The van der Waals surface area contributed by atoms with Gasteiger partial charge in [-0.3, -0.25) is 0 Å². The minimum Gasteiger partial charge on any atom is -0.455 e. The van der Waals surface area contributed by atoms with Crippen LogP contribution in [0, 0.1) is 0 Å². The molecule has 41 heavy (non-hydrogen) atoms. The number of halogens is 10. The molecule has 0 heterocycles. The zero-order valence-electron chi connectivity index (χ0n) is 20.2. The van der Waals surface area contributed by atoms with Gasteiger partial charge in [-0.15, -0.1) is 0 Å². The number of nitrogens with two attached hydrogens (primary N) is 2. The zero-order valence-corrected chi connectivity index (χ0v) is 31.1. The van der Waals surface area contributed by atoms with Crippen LogP contribution in [0.5, 0.6) is 23.0 Å². The van der Waals surface area contributed by atoms with Gasteiger partial charge in [-0.1, -0.05) is 69.6 Å². The molecular formula is C27H16Br4Cl6N2O2. The van der Waals surface area contributed by atoms with Crippen LogP contribution in [0.15, 0.2) is 90.7 Å². The smallest absolute Gasteiger partial charge is 0.208 e. The molecule has 0 fully saturated rings. The number of nitrogen functional groups attached to an aromatic ring is 2. The fraction of sp³-hybridized carbons (Fsp3) is 0.111. The van der Waals surface area contributed by atoms with Crippen LogP contribution >= 0.6 is 133 Å². The van der Waals surface area contributed by atoms with E-state index in [9.17, 15) is 0 Å². The summed E-state index contributed by atoms with van der Waals surface area (Å²) in [5, 5.41) is 0. The van der Waals surface area contributed by atoms with Crippen molar-refractivity contribution in [3.05, 3.63) is 102 Å². The molecule has 0 saturated carbocycles. The molecule has 0 atom stereocenters. The van der Waals surface area contributed by atoms with Gasteiger partial charge in [0.2, 0.25) is 7.59 Å². The normalized spacial score (nSPS) is 12.3. The Morgan fingerprint density at radius 1 is 0.488 bits per heavy atom. The highest BCUT2D eigenvalue weighted by Gasteiger charge is 2.63. The van der Waals surface area contributed by atoms with Crippen molar-refractivity contribution in [2.75, 3.05) is 11.5 Å². The molecule has 0 aliphatic carbocycles. The van der Waals surface area contributed by atoms with E-state index in [1.165, 1.54) is 0 Å². The molecule has 0 bridgehead atoms. The topological polar surface area (TPSA) is 70.5 Å². The SMILES string of the molecule is Nc1ccc(Oc2c(Br)cc(C(c3cc(Br)c(Oc4ccc(N)cc4)c(Br)c3)(C(Cl)(Cl)Cl)C(Cl)(Cl)Cl)cc2Br)cc1. The lowest BCUT2D eigenvalue weighted by Gasteiger charge is -2.46. The van der Waals surface area contributed by atoms with Crippen molar-refractivity contribution in [1.82, 2.24) is 0 Å². The van der Waals surface area contributed by atoms with Crippen LogP contribution in [0.3, 0.4) is 0 Å². The average Bonchev–Trinajstić information content (AvgIpc) is 2.84. The molecule has 0 unspecified atom stereocenters. The Bertz CT molecular complexity index is 1410. The van der Waals surface area contributed by atoms with Crippen molar-refractivity contribution in [1.29, 1.82) is 0 Å². The number of hydrogen-bond donors (Lipinski definition) is 2. The van der Waals surface area contributed by atoms with Gasteiger partial charge in [0.1, 0.15) is 16.9 Å². The Hall–Kier alpha value is -0.260. The van der Waals surface area contributed by atoms with E-state index >= 15 is 0 Å². The molecule has 0 spiro atoms. The summed E-state index contributed by atoms with van der Waals surface area (Å²) >= 11 is 54.6. The summed E-state index contributed by atoms with van der Waals surface area (Å²) in [6.07, 6.45) is 0. The van der Waals surface area contributed by atoms with Gasteiger partial charge in [-0.05, 0) is 148 Å². The molecule has 0 aliphatic heterocycles. The number of benzene rings is 4. The highest BCUT2D eigenvalue weighted by Crippen LogP contribution is 2.64. The van der Waals surface area contributed by atoms with Crippen molar-refractivity contribution in [2.24, 2.45) is 0 Å². The second-order valence-corrected chi connectivity index (χ2v) is 16.6. The van der Waals surface area contributed by atoms with Crippen molar-refractivity contribution in [3.63, 3.8) is 0 Å². The fourth-order valence-electron chi connectivity index (χ4n) is 4.04. The summed E-state index contributed by atoms with van der Waals surface area (Å²) in [6, 6.07) is 20.5. The Balaban J connectivity index is 1.89. The van der Waals surface area contributed by atoms with Gasteiger partial charge in [0.25, 0.3) is 0 Å². The van der Waals surface area contributed by atoms with E-state index in [1.54, 1.807) is 72.8 Å². The Morgan fingerprint density at radius 2 is 0.756 bits per heavy atom. The van der Waals surface area contributed by atoms with Crippen molar-refractivity contribution in [3.8, 4) is 23.0 Å². The van der Waals surface area contributed by atoms with E-state index in [1.807, 2.05) is 0 Å². The van der Waals surface area contributed by atoms with E-state index in [-0.39, 0.29) is 0 Å². The fourth-order valence-corrected chi connectivity index (χ4v) is 9.33. The van der Waals surface area contributed by atoms with Crippen molar-refractivity contribution in [2.45, 2.75) is 13.0 Å².